The van der Waals surface area contributed by atoms with Crippen LogP contribution in [0.25, 0.3) is 0 Å². The Morgan fingerprint density at radius 3 is 2.32 bits per heavy atom. The van der Waals surface area contributed by atoms with Crippen molar-refractivity contribution in [3.63, 3.8) is 0 Å². The number of guanidine groups is 1. The Bertz CT molecular complexity index is 292. The van der Waals surface area contributed by atoms with E-state index in [1.54, 1.807) is 0 Å². The molecule has 1 heterocycles. The number of aliphatic imine (C=N–C) groups is 1. The number of hydrogen-bond acceptors (Lipinski definition) is 1. The van der Waals surface area contributed by atoms with E-state index in [2.05, 4.69) is 29.1 Å². The molecular formula is C13H24F3N3. The maximum atomic E-state index is 12.2. The monoisotopic (exact) mass is 279 g/mol. The number of rotatable bonds is 3. The second kappa shape index (κ2) is 7.01. The van der Waals surface area contributed by atoms with Crippen molar-refractivity contribution in [2.24, 2.45) is 16.8 Å². The molecule has 1 fully saturated rings. The standard InChI is InChI=1S/C13H24F3N3/c1-4-17-12(18-6-5-13(14,15)16)19-8-10(2)7-11(3)9-19/h10-11H,4-9H2,1-3H3,(H,17,18). The van der Waals surface area contributed by atoms with Gasteiger partial charge in [-0.1, -0.05) is 13.8 Å². The quantitative estimate of drug-likeness (QED) is 0.635. The second-order valence-corrected chi connectivity index (χ2v) is 5.45. The molecule has 2 atom stereocenters. The summed E-state index contributed by atoms with van der Waals surface area (Å²) in [5.41, 5.74) is 0. The number of likely N-dealkylation sites (tertiary alicyclic amines) is 1. The summed E-state index contributed by atoms with van der Waals surface area (Å²) in [4.78, 5) is 6.18. The molecule has 0 aromatic rings. The lowest BCUT2D eigenvalue weighted by molar-refractivity contribution is -0.132. The predicted molar refractivity (Wildman–Crippen MR) is 71.2 cm³/mol. The van der Waals surface area contributed by atoms with Gasteiger partial charge in [0.25, 0.3) is 0 Å². The Morgan fingerprint density at radius 2 is 1.84 bits per heavy atom. The minimum absolute atomic E-state index is 0.203. The van der Waals surface area contributed by atoms with Crippen molar-refractivity contribution in [2.75, 3.05) is 26.2 Å². The molecular weight excluding hydrogens is 255 g/mol. The van der Waals surface area contributed by atoms with Crippen LogP contribution in [0, 0.1) is 11.8 Å². The summed E-state index contributed by atoms with van der Waals surface area (Å²) in [7, 11) is 0. The largest absolute Gasteiger partial charge is 0.390 e. The highest BCUT2D eigenvalue weighted by Crippen LogP contribution is 2.22. The summed E-state index contributed by atoms with van der Waals surface area (Å²) < 4.78 is 36.5. The number of nitrogens with zero attached hydrogens (tertiary/aromatic N) is 2. The Hall–Kier alpha value is -0.940. The number of nitrogens with one attached hydrogen (secondary N) is 1. The van der Waals surface area contributed by atoms with E-state index in [4.69, 9.17) is 0 Å². The zero-order valence-corrected chi connectivity index (χ0v) is 11.9. The van der Waals surface area contributed by atoms with Gasteiger partial charge in [-0.05, 0) is 25.2 Å². The van der Waals surface area contributed by atoms with Gasteiger partial charge in [0, 0.05) is 19.6 Å². The average Bonchev–Trinajstić information content (AvgIpc) is 2.25. The first kappa shape index (κ1) is 16.1. The van der Waals surface area contributed by atoms with Gasteiger partial charge in [0.05, 0.1) is 13.0 Å². The lowest BCUT2D eigenvalue weighted by atomic mass is 9.92. The highest BCUT2D eigenvalue weighted by atomic mass is 19.4. The molecule has 1 aliphatic heterocycles. The molecule has 0 aromatic carbocycles. The maximum Gasteiger partial charge on any atom is 0.390 e. The lowest BCUT2D eigenvalue weighted by Crippen LogP contribution is -2.48. The Kier molecular flexibility index (Phi) is 5.94. The van der Waals surface area contributed by atoms with Gasteiger partial charge in [0.1, 0.15) is 0 Å². The van der Waals surface area contributed by atoms with E-state index in [9.17, 15) is 13.2 Å². The number of alkyl halides is 3. The molecule has 0 aromatic heterocycles. The molecule has 1 N–H and O–H groups in total. The van der Waals surface area contributed by atoms with Gasteiger partial charge in [-0.15, -0.1) is 0 Å². The zero-order valence-electron chi connectivity index (χ0n) is 11.9. The summed E-state index contributed by atoms with van der Waals surface area (Å²) in [6.07, 6.45) is -3.83. The van der Waals surface area contributed by atoms with Crippen LogP contribution in [0.2, 0.25) is 0 Å². The van der Waals surface area contributed by atoms with Crippen molar-refractivity contribution in [3.8, 4) is 0 Å². The molecule has 0 aliphatic carbocycles. The zero-order chi connectivity index (χ0) is 14.5. The van der Waals surface area contributed by atoms with Crippen LogP contribution in [-0.4, -0.2) is 43.2 Å². The molecule has 0 radical (unpaired) electrons. The number of hydrogen-bond donors (Lipinski definition) is 1. The molecule has 112 valence electrons. The molecule has 1 rings (SSSR count). The van der Waals surface area contributed by atoms with Gasteiger partial charge in [0.15, 0.2) is 5.96 Å². The van der Waals surface area contributed by atoms with Crippen LogP contribution in [-0.2, 0) is 0 Å². The smallest absolute Gasteiger partial charge is 0.357 e. The van der Waals surface area contributed by atoms with Crippen LogP contribution < -0.4 is 5.32 Å². The van der Waals surface area contributed by atoms with E-state index in [1.165, 1.54) is 6.42 Å². The molecule has 1 saturated heterocycles. The maximum absolute atomic E-state index is 12.2. The highest BCUT2D eigenvalue weighted by molar-refractivity contribution is 5.80. The first-order valence-corrected chi connectivity index (χ1v) is 6.91. The van der Waals surface area contributed by atoms with Gasteiger partial charge in [-0.25, -0.2) is 0 Å². The van der Waals surface area contributed by atoms with E-state index in [-0.39, 0.29) is 6.54 Å². The normalized spacial score (nSPS) is 25.6. The topological polar surface area (TPSA) is 27.6 Å². The molecule has 6 heteroatoms. The van der Waals surface area contributed by atoms with Crippen LogP contribution in [0.5, 0.6) is 0 Å². The third kappa shape index (κ3) is 6.16. The third-order valence-corrected chi connectivity index (χ3v) is 3.16. The third-order valence-electron chi connectivity index (χ3n) is 3.16. The molecule has 19 heavy (non-hydrogen) atoms. The first-order chi connectivity index (χ1) is 8.81. The summed E-state index contributed by atoms with van der Waals surface area (Å²) >= 11 is 0. The average molecular weight is 279 g/mol. The van der Waals surface area contributed by atoms with Gasteiger partial charge in [-0.3, -0.25) is 4.99 Å². The Labute approximate surface area is 113 Å². The van der Waals surface area contributed by atoms with Crippen LogP contribution >= 0.6 is 0 Å². The van der Waals surface area contributed by atoms with Crippen molar-refractivity contribution in [3.05, 3.63) is 0 Å². The van der Waals surface area contributed by atoms with E-state index >= 15 is 0 Å². The Morgan fingerprint density at radius 1 is 1.26 bits per heavy atom. The predicted octanol–water partition coefficient (Wildman–Crippen LogP) is 2.88. The fraction of sp³-hybridized carbons (Fsp3) is 0.923. The van der Waals surface area contributed by atoms with Gasteiger partial charge in [0.2, 0.25) is 0 Å². The molecule has 0 spiro atoms. The van der Waals surface area contributed by atoms with Crippen LogP contribution in [0.4, 0.5) is 13.2 Å². The summed E-state index contributed by atoms with van der Waals surface area (Å²) in [5, 5.41) is 3.09. The molecule has 2 unspecified atom stereocenters. The number of halogens is 3. The molecule has 0 bridgehead atoms. The SMILES string of the molecule is CCNC(=NCCC(F)(F)F)N1CC(C)CC(C)C1. The van der Waals surface area contributed by atoms with Crippen molar-refractivity contribution in [1.82, 2.24) is 10.2 Å². The summed E-state index contributed by atoms with van der Waals surface area (Å²) in [6.45, 7) is 8.46. The van der Waals surface area contributed by atoms with Gasteiger partial charge in [-0.2, -0.15) is 13.2 Å². The van der Waals surface area contributed by atoms with Crippen molar-refractivity contribution in [2.45, 2.75) is 39.8 Å². The van der Waals surface area contributed by atoms with Crippen LogP contribution in [0.15, 0.2) is 4.99 Å². The second-order valence-electron chi connectivity index (χ2n) is 5.45. The van der Waals surface area contributed by atoms with Crippen LogP contribution in [0.1, 0.15) is 33.6 Å². The lowest BCUT2D eigenvalue weighted by Gasteiger charge is -2.37. The minimum Gasteiger partial charge on any atom is -0.357 e. The fourth-order valence-corrected chi connectivity index (χ4v) is 2.55. The van der Waals surface area contributed by atoms with E-state index in [0.717, 1.165) is 13.1 Å². The van der Waals surface area contributed by atoms with Crippen LogP contribution in [0.3, 0.4) is 0 Å². The highest BCUT2D eigenvalue weighted by Gasteiger charge is 2.27. The molecule has 0 saturated carbocycles. The van der Waals surface area contributed by atoms with E-state index in [0.29, 0.717) is 24.3 Å². The van der Waals surface area contributed by atoms with E-state index < -0.39 is 12.6 Å². The number of piperidine rings is 1. The van der Waals surface area contributed by atoms with Crippen molar-refractivity contribution >= 4 is 5.96 Å². The van der Waals surface area contributed by atoms with Gasteiger partial charge >= 0.3 is 6.18 Å². The van der Waals surface area contributed by atoms with Gasteiger partial charge < -0.3 is 10.2 Å². The van der Waals surface area contributed by atoms with E-state index in [1.807, 2.05) is 6.92 Å². The molecule has 3 nitrogen and oxygen atoms in total. The summed E-state index contributed by atoms with van der Waals surface area (Å²) in [6, 6.07) is 0. The first-order valence-electron chi connectivity index (χ1n) is 6.91. The Balaban J connectivity index is 2.62. The molecule has 1 aliphatic rings. The molecule has 0 amide bonds. The minimum atomic E-state index is -4.14. The fourth-order valence-electron chi connectivity index (χ4n) is 2.55. The van der Waals surface area contributed by atoms with Crippen molar-refractivity contribution < 1.29 is 13.2 Å². The van der Waals surface area contributed by atoms with Crippen molar-refractivity contribution in [1.29, 1.82) is 0 Å². The summed E-state index contributed by atoms with van der Waals surface area (Å²) in [5.74, 6) is 1.72.